The third-order valence-electron chi connectivity index (χ3n) is 5.44. The number of aromatic amines is 1. The van der Waals surface area contributed by atoms with E-state index in [1.165, 1.54) is 0 Å². The van der Waals surface area contributed by atoms with Crippen LogP contribution < -0.4 is 5.56 Å². The van der Waals surface area contributed by atoms with E-state index in [9.17, 15) is 4.79 Å². The molecule has 0 aliphatic carbocycles. The molecule has 0 amide bonds. The molecule has 0 bridgehead atoms. The van der Waals surface area contributed by atoms with E-state index in [4.69, 9.17) is 32.6 Å². The highest BCUT2D eigenvalue weighted by atomic mass is 35.5. The van der Waals surface area contributed by atoms with E-state index in [1.807, 2.05) is 48.5 Å². The largest absolute Gasteiger partial charge is 0.460 e. The molecule has 4 aromatic rings. The second-order valence-electron chi connectivity index (χ2n) is 7.58. The molecule has 2 aromatic carbocycles. The molecule has 3 heterocycles. The second kappa shape index (κ2) is 8.35. The van der Waals surface area contributed by atoms with E-state index < -0.39 is 0 Å². The van der Waals surface area contributed by atoms with E-state index in [-0.39, 0.29) is 5.56 Å². The number of hydrogen-bond donors (Lipinski definition) is 1. The Morgan fingerprint density at radius 3 is 2.32 bits per heavy atom. The Morgan fingerprint density at radius 1 is 0.935 bits per heavy atom. The molecule has 0 saturated carbocycles. The Labute approximate surface area is 189 Å². The molecule has 1 N–H and O–H groups in total. The van der Waals surface area contributed by atoms with Crippen molar-refractivity contribution in [2.45, 2.75) is 19.5 Å². The molecule has 1 aliphatic rings. The zero-order valence-electron chi connectivity index (χ0n) is 16.6. The van der Waals surface area contributed by atoms with Crippen molar-refractivity contribution < 1.29 is 4.42 Å². The molecule has 0 radical (unpaired) electrons. The minimum atomic E-state index is -0.0963. The first-order valence-corrected chi connectivity index (χ1v) is 10.8. The molecule has 7 heteroatoms. The number of benzene rings is 2. The summed E-state index contributed by atoms with van der Waals surface area (Å²) in [6.45, 7) is 1.97. The lowest BCUT2D eigenvalue weighted by Gasteiger charge is -2.26. The summed E-state index contributed by atoms with van der Waals surface area (Å²) in [7, 11) is 0. The lowest BCUT2D eigenvalue weighted by molar-refractivity contribution is 0.223. The highest BCUT2D eigenvalue weighted by molar-refractivity contribution is 6.30. The van der Waals surface area contributed by atoms with Crippen LogP contribution in [-0.4, -0.2) is 21.4 Å². The third kappa shape index (κ3) is 4.30. The molecule has 31 heavy (non-hydrogen) atoms. The predicted molar refractivity (Wildman–Crippen MR) is 122 cm³/mol. The standard InChI is InChI=1S/C24H19Cl2N3O2/c25-17-5-1-15(2-6-17)22-10-9-19(31-22)13-29-12-11-21-20(14-29)24(30)28-23(27-21)16-3-7-18(26)8-4-16/h1-10H,11-14H2,(H,27,28,30). The van der Waals surface area contributed by atoms with Crippen molar-refractivity contribution >= 4 is 23.2 Å². The van der Waals surface area contributed by atoms with E-state index in [0.717, 1.165) is 34.9 Å². The number of furan rings is 1. The van der Waals surface area contributed by atoms with Gasteiger partial charge in [0, 0.05) is 40.7 Å². The van der Waals surface area contributed by atoms with Crippen LogP contribution in [-0.2, 0) is 19.5 Å². The average Bonchev–Trinajstić information content (AvgIpc) is 3.23. The molecule has 5 rings (SSSR count). The van der Waals surface area contributed by atoms with Crippen molar-refractivity contribution in [1.82, 2.24) is 14.9 Å². The first kappa shape index (κ1) is 20.1. The van der Waals surface area contributed by atoms with Crippen LogP contribution in [0.5, 0.6) is 0 Å². The van der Waals surface area contributed by atoms with Gasteiger partial charge in [-0.15, -0.1) is 0 Å². The number of rotatable bonds is 4. The summed E-state index contributed by atoms with van der Waals surface area (Å²) >= 11 is 11.9. The second-order valence-corrected chi connectivity index (χ2v) is 8.45. The van der Waals surface area contributed by atoms with Crippen LogP contribution >= 0.6 is 23.2 Å². The van der Waals surface area contributed by atoms with E-state index in [2.05, 4.69) is 9.88 Å². The summed E-state index contributed by atoms with van der Waals surface area (Å²) in [5.41, 5.74) is 3.30. The van der Waals surface area contributed by atoms with Gasteiger partial charge < -0.3 is 9.40 Å². The van der Waals surface area contributed by atoms with Gasteiger partial charge in [-0.1, -0.05) is 23.2 Å². The van der Waals surface area contributed by atoms with Crippen molar-refractivity contribution in [2.75, 3.05) is 6.54 Å². The number of nitrogens with zero attached hydrogens (tertiary/aromatic N) is 2. The Hall–Kier alpha value is -2.86. The SMILES string of the molecule is O=c1[nH]c(-c2ccc(Cl)cc2)nc2c1CN(Cc1ccc(-c3ccc(Cl)cc3)o1)CC2. The fourth-order valence-corrected chi connectivity index (χ4v) is 4.06. The zero-order valence-corrected chi connectivity index (χ0v) is 18.1. The number of H-pyrrole nitrogens is 1. The molecule has 0 atom stereocenters. The maximum Gasteiger partial charge on any atom is 0.255 e. The number of hydrogen-bond acceptors (Lipinski definition) is 4. The third-order valence-corrected chi connectivity index (χ3v) is 5.94. The number of fused-ring (bicyclic) bond motifs is 1. The van der Waals surface area contributed by atoms with Crippen molar-refractivity contribution in [2.24, 2.45) is 0 Å². The highest BCUT2D eigenvalue weighted by Gasteiger charge is 2.22. The van der Waals surface area contributed by atoms with E-state index in [1.54, 1.807) is 12.1 Å². The average molecular weight is 452 g/mol. The molecule has 5 nitrogen and oxygen atoms in total. The summed E-state index contributed by atoms with van der Waals surface area (Å²) in [6.07, 6.45) is 0.713. The molecule has 2 aromatic heterocycles. The summed E-state index contributed by atoms with van der Waals surface area (Å²) < 4.78 is 6.02. The van der Waals surface area contributed by atoms with Gasteiger partial charge in [-0.25, -0.2) is 4.98 Å². The fourth-order valence-electron chi connectivity index (χ4n) is 3.81. The number of nitrogens with one attached hydrogen (secondary N) is 1. The first-order chi connectivity index (χ1) is 15.0. The molecular formula is C24H19Cl2N3O2. The van der Waals surface area contributed by atoms with Gasteiger partial charge >= 0.3 is 0 Å². The Kier molecular flexibility index (Phi) is 5.40. The van der Waals surface area contributed by atoms with Crippen LogP contribution in [0.3, 0.4) is 0 Å². The summed E-state index contributed by atoms with van der Waals surface area (Å²) in [6, 6.07) is 18.8. The maximum absolute atomic E-state index is 12.8. The topological polar surface area (TPSA) is 62.1 Å². The zero-order chi connectivity index (χ0) is 21.4. The molecule has 0 spiro atoms. The van der Waals surface area contributed by atoms with Gasteiger partial charge in [-0.2, -0.15) is 0 Å². The van der Waals surface area contributed by atoms with Gasteiger partial charge in [-0.05, 0) is 60.7 Å². The molecular weight excluding hydrogens is 433 g/mol. The Balaban J connectivity index is 1.32. The molecule has 0 saturated heterocycles. The summed E-state index contributed by atoms with van der Waals surface area (Å²) in [4.78, 5) is 22.6. The van der Waals surface area contributed by atoms with Crippen molar-refractivity contribution in [1.29, 1.82) is 0 Å². The van der Waals surface area contributed by atoms with Crippen molar-refractivity contribution in [3.63, 3.8) is 0 Å². The van der Waals surface area contributed by atoms with Crippen molar-refractivity contribution in [3.8, 4) is 22.7 Å². The molecule has 156 valence electrons. The van der Waals surface area contributed by atoms with Crippen molar-refractivity contribution in [3.05, 3.63) is 98.1 Å². The van der Waals surface area contributed by atoms with Gasteiger partial charge in [0.05, 0.1) is 17.8 Å². The lowest BCUT2D eigenvalue weighted by atomic mass is 10.1. The minimum absolute atomic E-state index is 0.0963. The van der Waals surface area contributed by atoms with Gasteiger partial charge in [0.15, 0.2) is 0 Å². The maximum atomic E-state index is 12.8. The summed E-state index contributed by atoms with van der Waals surface area (Å²) in [5, 5.41) is 1.34. The van der Waals surface area contributed by atoms with Crippen LogP contribution in [0.2, 0.25) is 10.0 Å². The molecule has 0 fully saturated rings. The van der Waals surface area contributed by atoms with Crippen LogP contribution in [0.1, 0.15) is 17.0 Å². The number of aromatic nitrogens is 2. The van der Waals surface area contributed by atoms with Crippen LogP contribution in [0.25, 0.3) is 22.7 Å². The predicted octanol–water partition coefficient (Wildman–Crippen LogP) is 5.56. The molecule has 1 aliphatic heterocycles. The van der Waals surface area contributed by atoms with Gasteiger partial charge in [0.2, 0.25) is 0 Å². The van der Waals surface area contributed by atoms with E-state index in [0.29, 0.717) is 40.9 Å². The van der Waals surface area contributed by atoms with Crippen LogP contribution in [0, 0.1) is 0 Å². The van der Waals surface area contributed by atoms with Crippen LogP contribution in [0.15, 0.2) is 69.9 Å². The monoisotopic (exact) mass is 451 g/mol. The van der Waals surface area contributed by atoms with Gasteiger partial charge in [0.25, 0.3) is 5.56 Å². The van der Waals surface area contributed by atoms with Gasteiger partial charge in [-0.3, -0.25) is 9.69 Å². The smallest absolute Gasteiger partial charge is 0.255 e. The first-order valence-electron chi connectivity index (χ1n) is 10.0. The quantitative estimate of drug-likeness (QED) is 0.440. The summed E-state index contributed by atoms with van der Waals surface area (Å²) in [5.74, 6) is 2.24. The van der Waals surface area contributed by atoms with Gasteiger partial charge in [0.1, 0.15) is 17.3 Å². The Bertz CT molecular complexity index is 1280. The van der Waals surface area contributed by atoms with E-state index >= 15 is 0 Å². The minimum Gasteiger partial charge on any atom is -0.460 e. The Morgan fingerprint density at radius 2 is 1.61 bits per heavy atom. The normalized spacial score (nSPS) is 13.9. The fraction of sp³-hybridized carbons (Fsp3) is 0.167. The highest BCUT2D eigenvalue weighted by Crippen LogP contribution is 2.26. The lowest BCUT2D eigenvalue weighted by Crippen LogP contribution is -2.35. The molecule has 0 unspecified atom stereocenters. The van der Waals surface area contributed by atoms with Crippen LogP contribution in [0.4, 0.5) is 0 Å². The number of halogens is 2.